The number of amides is 1. The molecule has 0 aliphatic carbocycles. The second-order valence-corrected chi connectivity index (χ2v) is 12.7. The maximum Gasteiger partial charge on any atom is 0.242 e. The summed E-state index contributed by atoms with van der Waals surface area (Å²) in [6.45, 7) is 7.65. The predicted octanol–water partition coefficient (Wildman–Crippen LogP) is 4.35. The topological polar surface area (TPSA) is 132 Å². The molecule has 3 heterocycles. The minimum Gasteiger partial charge on any atom is -0.370 e. The monoisotopic (exact) mass is 580 g/mol. The highest BCUT2D eigenvalue weighted by atomic mass is 32.2. The summed E-state index contributed by atoms with van der Waals surface area (Å²) in [5, 5.41) is 8.27. The van der Waals surface area contributed by atoms with Crippen LogP contribution in [0.3, 0.4) is 0 Å². The number of nitrogens with one attached hydrogen (secondary N) is 1. The lowest BCUT2D eigenvalue weighted by Gasteiger charge is -2.20. The van der Waals surface area contributed by atoms with Crippen LogP contribution in [-0.4, -0.2) is 40.2 Å². The Kier molecular flexibility index (Phi) is 8.12. The number of aryl methyl sites for hydroxylation is 1. The van der Waals surface area contributed by atoms with Gasteiger partial charge in [0.1, 0.15) is 17.3 Å². The number of carbonyl (C=O) groups excluding carboxylic acids is 1. The number of nitrogens with zero attached hydrogens (tertiary/aromatic N) is 4. The number of rotatable bonds is 8. The molecule has 0 radical (unpaired) electrons. The number of fused-ring (bicyclic) bond motifs is 1. The van der Waals surface area contributed by atoms with Crippen molar-refractivity contribution < 1.29 is 22.0 Å². The van der Waals surface area contributed by atoms with E-state index in [9.17, 15) is 22.0 Å². The van der Waals surface area contributed by atoms with Crippen LogP contribution in [0.25, 0.3) is 16.8 Å². The minimum absolute atomic E-state index is 0.00736. The number of halogens is 2. The lowest BCUT2D eigenvalue weighted by molar-refractivity contribution is -0.118. The molecule has 0 aliphatic rings. The van der Waals surface area contributed by atoms with E-state index in [1.807, 2.05) is 20.8 Å². The molecule has 4 aromatic rings. The molecule has 0 saturated carbocycles. The number of hydrogen-bond acceptors (Lipinski definition) is 6. The molecular weight excluding hydrogens is 550 g/mol. The minimum atomic E-state index is -3.65. The van der Waals surface area contributed by atoms with Gasteiger partial charge in [-0.1, -0.05) is 5.92 Å². The summed E-state index contributed by atoms with van der Waals surface area (Å²) in [6.07, 6.45) is 0.907. The van der Waals surface area contributed by atoms with Crippen LogP contribution in [0.2, 0.25) is 0 Å². The van der Waals surface area contributed by atoms with Gasteiger partial charge < -0.3 is 5.73 Å². The van der Waals surface area contributed by atoms with E-state index < -0.39 is 33.5 Å². The second-order valence-electron chi connectivity index (χ2n) is 10.9. The van der Waals surface area contributed by atoms with E-state index in [0.717, 1.165) is 12.3 Å². The molecule has 9 nitrogen and oxygen atoms in total. The Bertz CT molecular complexity index is 1800. The maximum atomic E-state index is 14.1. The Morgan fingerprint density at radius 2 is 1.73 bits per heavy atom. The Morgan fingerprint density at radius 3 is 2.34 bits per heavy atom. The first-order chi connectivity index (χ1) is 19.1. The van der Waals surface area contributed by atoms with Gasteiger partial charge in [0.05, 0.1) is 11.9 Å². The molecule has 1 atom stereocenters. The molecule has 41 heavy (non-hydrogen) atoms. The molecule has 0 saturated heterocycles. The highest BCUT2D eigenvalue weighted by molar-refractivity contribution is 7.92. The van der Waals surface area contributed by atoms with Crippen molar-refractivity contribution in [2.45, 2.75) is 46.5 Å². The number of primary amides is 1. The third kappa shape index (κ3) is 7.43. The van der Waals surface area contributed by atoms with Gasteiger partial charge in [0.25, 0.3) is 0 Å². The molecule has 3 N–H and O–H groups in total. The van der Waals surface area contributed by atoms with Crippen molar-refractivity contribution in [2.75, 3.05) is 11.0 Å². The highest BCUT2D eigenvalue weighted by Gasteiger charge is 2.25. The third-order valence-electron chi connectivity index (χ3n) is 6.04. The molecule has 0 spiro atoms. The first kappa shape index (κ1) is 29.6. The van der Waals surface area contributed by atoms with E-state index in [2.05, 4.69) is 26.8 Å². The summed E-state index contributed by atoms with van der Waals surface area (Å²) in [7, 11) is -3.65. The number of nitrogens with two attached hydrogens (primary N) is 1. The van der Waals surface area contributed by atoms with Crippen molar-refractivity contribution in [3.05, 3.63) is 76.7 Å². The molecule has 1 amide bonds. The SMILES string of the molecule is Cc1ccc(-c2ccc(C#CC(C)(C)C)nc2[C@H](CC(N)=O)Cc2cc(F)cc(F)c2)c2nnc(NS(C)(=O)=O)n12. The Balaban J connectivity index is 1.96. The zero-order valence-corrected chi connectivity index (χ0v) is 24.1. The fourth-order valence-electron chi connectivity index (χ4n) is 4.44. The van der Waals surface area contributed by atoms with Gasteiger partial charge in [-0.15, -0.1) is 10.2 Å². The Morgan fingerprint density at radius 1 is 1.07 bits per heavy atom. The molecule has 4 rings (SSSR count). The molecule has 0 unspecified atom stereocenters. The summed E-state index contributed by atoms with van der Waals surface area (Å²) in [5.74, 6) is 3.41. The summed E-state index contributed by atoms with van der Waals surface area (Å²) in [5.41, 5.74) is 8.58. The first-order valence-electron chi connectivity index (χ1n) is 12.7. The summed E-state index contributed by atoms with van der Waals surface area (Å²) >= 11 is 0. The fourth-order valence-corrected chi connectivity index (χ4v) is 4.91. The Hall–Kier alpha value is -4.37. The van der Waals surface area contributed by atoms with Gasteiger partial charge in [0, 0.05) is 40.6 Å². The van der Waals surface area contributed by atoms with Gasteiger partial charge in [-0.2, -0.15) is 0 Å². The largest absolute Gasteiger partial charge is 0.370 e. The standard InChI is InChI=1S/C29H30F2N6O3S/c1-17-6-8-24(27-34-35-28(37(17)27)36-41(5,39)40)23-9-7-22(10-11-29(2,3)4)33-26(23)19(15-25(32)38)12-18-13-20(30)16-21(31)14-18/h6-9,13-14,16,19H,12,15H2,1-5H3,(H2,32,38)(H,35,36)/t19-/m0/s1. The van der Waals surface area contributed by atoms with Crippen molar-refractivity contribution in [3.8, 4) is 23.0 Å². The molecule has 1 aromatic carbocycles. The van der Waals surface area contributed by atoms with E-state index in [1.165, 1.54) is 12.1 Å². The smallest absolute Gasteiger partial charge is 0.242 e. The predicted molar refractivity (Wildman–Crippen MR) is 152 cm³/mol. The van der Waals surface area contributed by atoms with E-state index in [-0.39, 0.29) is 24.2 Å². The van der Waals surface area contributed by atoms with E-state index in [1.54, 1.807) is 35.6 Å². The molecule has 12 heteroatoms. The van der Waals surface area contributed by atoms with Crippen LogP contribution in [-0.2, 0) is 21.2 Å². The summed E-state index contributed by atoms with van der Waals surface area (Å²) < 4.78 is 55.9. The number of hydrogen-bond donors (Lipinski definition) is 2. The highest BCUT2D eigenvalue weighted by Crippen LogP contribution is 2.35. The third-order valence-corrected chi connectivity index (χ3v) is 6.60. The quantitative estimate of drug-likeness (QED) is 0.298. The normalized spacial score (nSPS) is 12.6. The van der Waals surface area contributed by atoms with Crippen molar-refractivity contribution in [2.24, 2.45) is 11.1 Å². The van der Waals surface area contributed by atoms with Crippen molar-refractivity contribution >= 4 is 27.5 Å². The van der Waals surface area contributed by atoms with Crippen LogP contribution < -0.4 is 10.5 Å². The van der Waals surface area contributed by atoms with Gasteiger partial charge in [0.2, 0.25) is 21.9 Å². The van der Waals surface area contributed by atoms with Crippen LogP contribution >= 0.6 is 0 Å². The number of sulfonamides is 1. The number of carbonyl (C=O) groups is 1. The maximum absolute atomic E-state index is 14.1. The van der Waals surface area contributed by atoms with Gasteiger partial charge in [-0.05, 0) is 82.0 Å². The zero-order valence-electron chi connectivity index (χ0n) is 23.3. The zero-order chi connectivity index (χ0) is 30.1. The number of aromatic nitrogens is 4. The Labute approximate surface area is 237 Å². The van der Waals surface area contributed by atoms with E-state index in [4.69, 9.17) is 10.7 Å². The van der Waals surface area contributed by atoms with Crippen LogP contribution in [0.15, 0.2) is 42.5 Å². The van der Waals surface area contributed by atoms with E-state index >= 15 is 0 Å². The number of pyridine rings is 2. The molecule has 214 valence electrons. The van der Waals surface area contributed by atoms with Crippen LogP contribution in [0.5, 0.6) is 0 Å². The fraction of sp³-hybridized carbons (Fsp3) is 0.310. The molecule has 0 bridgehead atoms. The van der Waals surface area contributed by atoms with E-state index in [0.29, 0.717) is 39.4 Å². The average Bonchev–Trinajstić information content (AvgIpc) is 3.24. The summed E-state index contributed by atoms with van der Waals surface area (Å²) in [4.78, 5) is 17.0. The van der Waals surface area contributed by atoms with Crippen LogP contribution in [0, 0.1) is 35.8 Å². The van der Waals surface area contributed by atoms with Gasteiger partial charge in [-0.25, -0.2) is 22.2 Å². The average molecular weight is 581 g/mol. The van der Waals surface area contributed by atoms with Crippen molar-refractivity contribution in [1.29, 1.82) is 0 Å². The molecular formula is C29H30F2N6O3S. The number of anilines is 1. The van der Waals surface area contributed by atoms with Crippen molar-refractivity contribution in [3.63, 3.8) is 0 Å². The molecule has 0 fully saturated rings. The van der Waals surface area contributed by atoms with Gasteiger partial charge in [0.15, 0.2) is 5.65 Å². The lowest BCUT2D eigenvalue weighted by atomic mass is 9.87. The van der Waals surface area contributed by atoms with Gasteiger partial charge >= 0.3 is 0 Å². The van der Waals surface area contributed by atoms with Crippen molar-refractivity contribution in [1.82, 2.24) is 19.6 Å². The second kappa shape index (κ2) is 11.2. The van der Waals surface area contributed by atoms with Crippen LogP contribution in [0.4, 0.5) is 14.7 Å². The first-order valence-corrected chi connectivity index (χ1v) is 14.6. The lowest BCUT2D eigenvalue weighted by Crippen LogP contribution is -2.19. The van der Waals surface area contributed by atoms with Crippen LogP contribution in [0.1, 0.15) is 55.8 Å². The summed E-state index contributed by atoms with van der Waals surface area (Å²) in [6, 6.07) is 10.2. The number of benzene rings is 1. The van der Waals surface area contributed by atoms with Gasteiger partial charge in [-0.3, -0.25) is 13.9 Å². The molecule has 0 aliphatic heterocycles. The molecule has 3 aromatic heterocycles.